The van der Waals surface area contributed by atoms with Gasteiger partial charge in [-0.05, 0) is 54.7 Å². The molecule has 2 nitrogen and oxygen atoms in total. The Kier molecular flexibility index (Phi) is 7.24. The van der Waals surface area contributed by atoms with Crippen molar-refractivity contribution < 1.29 is 5.11 Å². The quantitative estimate of drug-likeness (QED) is 0.680. The monoisotopic (exact) mass is 291 g/mol. The molecule has 120 valence electrons. The molecular formula is C19H33NO. The van der Waals surface area contributed by atoms with E-state index in [0.29, 0.717) is 23.6 Å². The van der Waals surface area contributed by atoms with Crippen LogP contribution in [-0.4, -0.2) is 11.1 Å². The van der Waals surface area contributed by atoms with Crippen molar-refractivity contribution in [2.45, 2.75) is 85.2 Å². The summed E-state index contributed by atoms with van der Waals surface area (Å²) in [6, 6.07) is 4.90. The maximum Gasteiger partial charge on any atom is 0.122 e. The molecule has 2 N–H and O–H groups in total. The van der Waals surface area contributed by atoms with Crippen LogP contribution in [0.3, 0.4) is 0 Å². The van der Waals surface area contributed by atoms with E-state index in [2.05, 4.69) is 59.0 Å². The van der Waals surface area contributed by atoms with Crippen molar-refractivity contribution >= 4 is 0 Å². The van der Waals surface area contributed by atoms with E-state index < -0.39 is 0 Å². The molecule has 1 aromatic carbocycles. The van der Waals surface area contributed by atoms with Crippen molar-refractivity contribution in [3.05, 3.63) is 28.8 Å². The molecule has 0 heterocycles. The molecule has 0 aliphatic carbocycles. The number of aromatic hydroxyl groups is 1. The minimum Gasteiger partial charge on any atom is -0.507 e. The molecule has 3 unspecified atom stereocenters. The molecule has 1 rings (SSSR count). The molecule has 0 saturated heterocycles. The van der Waals surface area contributed by atoms with Gasteiger partial charge in [0.05, 0.1) is 0 Å². The molecule has 0 spiro atoms. The van der Waals surface area contributed by atoms with Crippen LogP contribution in [0.5, 0.6) is 5.75 Å². The topological polar surface area (TPSA) is 32.3 Å². The molecule has 0 radical (unpaired) electrons. The van der Waals surface area contributed by atoms with Gasteiger partial charge in [0.1, 0.15) is 5.75 Å². The standard InChI is InChI=1S/C19H33NO/c1-7-13(4)17-10-16(12-20-15(6)9-3)11-18(19(17)21)14(5)8-2/h10-11,13-15,20-21H,7-9,12H2,1-6H3. The van der Waals surface area contributed by atoms with Crippen molar-refractivity contribution in [1.82, 2.24) is 5.32 Å². The van der Waals surface area contributed by atoms with Crippen LogP contribution in [-0.2, 0) is 6.54 Å². The molecular weight excluding hydrogens is 258 g/mol. The highest BCUT2D eigenvalue weighted by molar-refractivity contribution is 5.47. The van der Waals surface area contributed by atoms with Crippen molar-refractivity contribution in [2.75, 3.05) is 0 Å². The lowest BCUT2D eigenvalue weighted by Crippen LogP contribution is -2.24. The fraction of sp³-hybridized carbons (Fsp3) is 0.684. The van der Waals surface area contributed by atoms with Gasteiger partial charge in [-0.1, -0.05) is 46.8 Å². The van der Waals surface area contributed by atoms with Crippen LogP contribution in [0.4, 0.5) is 0 Å². The first kappa shape index (κ1) is 18.0. The molecule has 0 aromatic heterocycles. The second kappa shape index (κ2) is 8.43. The maximum atomic E-state index is 10.6. The van der Waals surface area contributed by atoms with E-state index >= 15 is 0 Å². The molecule has 1 aromatic rings. The predicted octanol–water partition coefficient (Wildman–Crippen LogP) is 5.31. The first-order valence-corrected chi connectivity index (χ1v) is 8.53. The molecule has 0 fully saturated rings. The highest BCUT2D eigenvalue weighted by atomic mass is 16.3. The highest BCUT2D eigenvalue weighted by Gasteiger charge is 2.17. The molecule has 0 amide bonds. The third-order valence-corrected chi connectivity index (χ3v) is 4.78. The van der Waals surface area contributed by atoms with Gasteiger partial charge >= 0.3 is 0 Å². The van der Waals surface area contributed by atoms with Gasteiger partial charge in [0.15, 0.2) is 0 Å². The third-order valence-electron chi connectivity index (χ3n) is 4.78. The largest absolute Gasteiger partial charge is 0.507 e. The first-order valence-electron chi connectivity index (χ1n) is 8.53. The van der Waals surface area contributed by atoms with Crippen LogP contribution in [0, 0.1) is 0 Å². The van der Waals surface area contributed by atoms with E-state index in [1.165, 1.54) is 5.56 Å². The average Bonchev–Trinajstić information content (AvgIpc) is 2.51. The Hall–Kier alpha value is -1.02. The number of benzene rings is 1. The molecule has 0 saturated carbocycles. The minimum atomic E-state index is 0.399. The van der Waals surface area contributed by atoms with Crippen molar-refractivity contribution in [3.63, 3.8) is 0 Å². The van der Waals surface area contributed by atoms with Gasteiger partial charge in [0, 0.05) is 12.6 Å². The van der Waals surface area contributed by atoms with Gasteiger partial charge in [0.25, 0.3) is 0 Å². The van der Waals surface area contributed by atoms with Gasteiger partial charge in [0.2, 0.25) is 0 Å². The maximum absolute atomic E-state index is 10.6. The summed E-state index contributed by atoms with van der Waals surface area (Å²) in [6.07, 6.45) is 3.24. The average molecular weight is 291 g/mol. The Bertz CT molecular complexity index is 410. The fourth-order valence-corrected chi connectivity index (χ4v) is 2.47. The number of phenols is 1. The summed E-state index contributed by atoms with van der Waals surface area (Å²) in [4.78, 5) is 0. The van der Waals surface area contributed by atoms with Crippen LogP contribution in [0.1, 0.15) is 89.3 Å². The Morgan fingerprint density at radius 2 is 1.38 bits per heavy atom. The van der Waals surface area contributed by atoms with E-state index in [9.17, 15) is 5.11 Å². The summed E-state index contributed by atoms with van der Waals surface area (Å²) in [5, 5.41) is 14.2. The highest BCUT2D eigenvalue weighted by Crippen LogP contribution is 2.37. The Balaban J connectivity index is 3.13. The van der Waals surface area contributed by atoms with Crippen LogP contribution in [0.2, 0.25) is 0 Å². The Morgan fingerprint density at radius 3 is 1.76 bits per heavy atom. The summed E-state index contributed by atoms with van der Waals surface area (Å²) in [6.45, 7) is 14.0. The number of rotatable bonds is 8. The van der Waals surface area contributed by atoms with Gasteiger partial charge < -0.3 is 10.4 Å². The zero-order valence-corrected chi connectivity index (χ0v) is 14.7. The third kappa shape index (κ3) is 4.74. The number of hydrogen-bond acceptors (Lipinski definition) is 2. The summed E-state index contributed by atoms with van der Waals surface area (Å²) >= 11 is 0. The second-order valence-corrected chi connectivity index (χ2v) is 6.43. The zero-order chi connectivity index (χ0) is 16.0. The molecule has 0 bridgehead atoms. The van der Waals surface area contributed by atoms with Crippen LogP contribution >= 0.6 is 0 Å². The van der Waals surface area contributed by atoms with Crippen LogP contribution in [0.25, 0.3) is 0 Å². The second-order valence-electron chi connectivity index (χ2n) is 6.43. The molecule has 0 aliphatic heterocycles. The first-order chi connectivity index (χ1) is 9.94. The summed E-state index contributed by atoms with van der Waals surface area (Å²) < 4.78 is 0. The Morgan fingerprint density at radius 1 is 0.905 bits per heavy atom. The van der Waals surface area contributed by atoms with E-state index in [-0.39, 0.29) is 0 Å². The Labute approximate surface area is 131 Å². The summed E-state index contributed by atoms with van der Waals surface area (Å²) in [7, 11) is 0. The summed E-state index contributed by atoms with van der Waals surface area (Å²) in [5.41, 5.74) is 3.51. The zero-order valence-electron chi connectivity index (χ0n) is 14.7. The van der Waals surface area contributed by atoms with Gasteiger partial charge in [-0.25, -0.2) is 0 Å². The van der Waals surface area contributed by atoms with Gasteiger partial charge in [-0.3, -0.25) is 0 Å². The van der Waals surface area contributed by atoms with Crippen molar-refractivity contribution in [2.24, 2.45) is 0 Å². The lowest BCUT2D eigenvalue weighted by molar-refractivity contribution is 0.448. The number of phenolic OH excluding ortho intramolecular Hbond substituents is 1. The predicted molar refractivity (Wildman–Crippen MR) is 92.1 cm³/mol. The fourth-order valence-electron chi connectivity index (χ4n) is 2.47. The van der Waals surface area contributed by atoms with Gasteiger partial charge in [-0.2, -0.15) is 0 Å². The van der Waals surface area contributed by atoms with Crippen LogP contribution < -0.4 is 5.32 Å². The van der Waals surface area contributed by atoms with E-state index in [0.717, 1.165) is 36.9 Å². The molecule has 0 aliphatic rings. The summed E-state index contributed by atoms with van der Waals surface area (Å²) in [5.74, 6) is 1.32. The van der Waals surface area contributed by atoms with Gasteiger partial charge in [-0.15, -0.1) is 0 Å². The van der Waals surface area contributed by atoms with E-state index in [1.807, 2.05) is 0 Å². The van der Waals surface area contributed by atoms with Crippen LogP contribution in [0.15, 0.2) is 12.1 Å². The molecule has 21 heavy (non-hydrogen) atoms. The lowest BCUT2D eigenvalue weighted by Gasteiger charge is -2.21. The SMILES string of the molecule is CCC(C)NCc1cc(C(C)CC)c(O)c(C(C)CC)c1. The number of nitrogens with one attached hydrogen (secondary N) is 1. The normalized spacial score (nSPS) is 15.7. The smallest absolute Gasteiger partial charge is 0.122 e. The van der Waals surface area contributed by atoms with E-state index in [4.69, 9.17) is 0 Å². The van der Waals surface area contributed by atoms with E-state index in [1.54, 1.807) is 0 Å². The molecule has 3 atom stereocenters. The van der Waals surface area contributed by atoms with Crippen molar-refractivity contribution in [1.29, 1.82) is 0 Å². The number of hydrogen-bond donors (Lipinski definition) is 2. The van der Waals surface area contributed by atoms with Crippen molar-refractivity contribution in [3.8, 4) is 5.75 Å². The minimum absolute atomic E-state index is 0.399. The molecule has 2 heteroatoms. The lowest BCUT2D eigenvalue weighted by atomic mass is 9.88.